The minimum Gasteiger partial charge on any atom is -0.494 e. The maximum absolute atomic E-state index is 14.6. The highest BCUT2D eigenvalue weighted by molar-refractivity contribution is 6.02. The predicted molar refractivity (Wildman–Crippen MR) is 166 cm³/mol. The highest BCUT2D eigenvalue weighted by Crippen LogP contribution is 2.65. The van der Waals surface area contributed by atoms with Crippen molar-refractivity contribution in [3.8, 4) is 5.75 Å². The van der Waals surface area contributed by atoms with Gasteiger partial charge >= 0.3 is 0 Å². The monoisotopic (exact) mass is 618 g/mol. The molecule has 240 valence electrons. The lowest BCUT2D eigenvalue weighted by Gasteiger charge is -2.39. The van der Waals surface area contributed by atoms with Gasteiger partial charge in [-0.2, -0.15) is 0 Å². The summed E-state index contributed by atoms with van der Waals surface area (Å²) in [4.78, 5) is 44.5. The number of fused-ring (bicyclic) bond motifs is 2. The number of rotatable bonds is 11. The van der Waals surface area contributed by atoms with Gasteiger partial charge in [-0.15, -0.1) is 5.10 Å². The van der Waals surface area contributed by atoms with Crippen molar-refractivity contribution in [1.29, 1.82) is 0 Å². The first-order valence-electron chi connectivity index (χ1n) is 15.8. The Morgan fingerprint density at radius 1 is 1.16 bits per heavy atom. The Labute approximate surface area is 262 Å². The molecule has 3 aliphatic rings. The van der Waals surface area contributed by atoms with E-state index in [2.05, 4.69) is 20.9 Å². The second-order valence-corrected chi connectivity index (χ2v) is 12.8. The number of aliphatic hydroxyl groups is 1. The van der Waals surface area contributed by atoms with Crippen molar-refractivity contribution in [2.45, 2.75) is 77.4 Å². The molecule has 0 aliphatic carbocycles. The average molecular weight is 619 g/mol. The van der Waals surface area contributed by atoms with E-state index in [1.54, 1.807) is 28.9 Å². The fraction of sp³-hybridized carbons (Fsp3) is 0.545. The van der Waals surface area contributed by atoms with E-state index in [0.29, 0.717) is 36.4 Å². The molecule has 6 rings (SSSR count). The molecule has 3 fully saturated rings. The third-order valence-corrected chi connectivity index (χ3v) is 10.4. The number of anilines is 1. The van der Waals surface area contributed by atoms with E-state index in [9.17, 15) is 19.5 Å². The van der Waals surface area contributed by atoms with Crippen LogP contribution in [0.2, 0.25) is 0 Å². The standard InChI is InChI=1S/C33H42N6O6/c1-6-19(3)25(17-40)39-28(30(42)34-18-38-24-11-9-8-10-23(24)36-37-38)33-16-20(4)32(5,45-33)26(27(33)31(39)43)29(41)35-21-12-14-22(15-13-21)44-7-2/h8-15,19-20,25-28,40H,6-7,16-18H2,1-5H3,(H,34,42)(H,35,41)/t19-,20?,25-,26+,27-,28?,32-,33?/m0/s1. The highest BCUT2D eigenvalue weighted by atomic mass is 16.5. The normalized spacial score (nSPS) is 29.9. The van der Waals surface area contributed by atoms with Crippen molar-refractivity contribution in [2.75, 3.05) is 18.5 Å². The maximum Gasteiger partial charge on any atom is 0.247 e. The van der Waals surface area contributed by atoms with Crippen molar-refractivity contribution in [1.82, 2.24) is 25.2 Å². The Morgan fingerprint density at radius 2 is 1.89 bits per heavy atom. The molecule has 3 N–H and O–H groups in total. The number of likely N-dealkylation sites (tertiary alicyclic amines) is 1. The average Bonchev–Trinajstić information content (AvgIpc) is 3.71. The van der Waals surface area contributed by atoms with Gasteiger partial charge in [-0.3, -0.25) is 14.4 Å². The van der Waals surface area contributed by atoms with Crippen LogP contribution in [-0.4, -0.2) is 79.2 Å². The van der Waals surface area contributed by atoms with Crippen molar-refractivity contribution < 1.29 is 29.0 Å². The molecule has 3 saturated heterocycles. The topological polar surface area (TPSA) is 148 Å². The second kappa shape index (κ2) is 11.7. The molecule has 1 aromatic heterocycles. The van der Waals surface area contributed by atoms with E-state index in [1.807, 2.05) is 58.9 Å². The summed E-state index contributed by atoms with van der Waals surface area (Å²) in [5.41, 5.74) is -0.206. The van der Waals surface area contributed by atoms with Crippen molar-refractivity contribution in [3.63, 3.8) is 0 Å². The summed E-state index contributed by atoms with van der Waals surface area (Å²) in [7, 11) is 0. The number of amides is 3. The van der Waals surface area contributed by atoms with Crippen molar-refractivity contribution in [2.24, 2.45) is 23.7 Å². The lowest BCUT2D eigenvalue weighted by atomic mass is 9.62. The molecule has 1 spiro atoms. The molecule has 2 aromatic carbocycles. The Balaban J connectivity index is 1.35. The minimum atomic E-state index is -1.25. The van der Waals surface area contributed by atoms with Crippen LogP contribution in [0.3, 0.4) is 0 Å². The molecule has 12 heteroatoms. The molecular weight excluding hydrogens is 576 g/mol. The van der Waals surface area contributed by atoms with Crippen LogP contribution in [0.15, 0.2) is 48.5 Å². The molecule has 8 atom stereocenters. The van der Waals surface area contributed by atoms with Gasteiger partial charge in [-0.1, -0.05) is 44.5 Å². The first-order valence-corrected chi connectivity index (χ1v) is 15.8. The Kier molecular flexibility index (Phi) is 8.07. The molecule has 12 nitrogen and oxygen atoms in total. The van der Waals surface area contributed by atoms with E-state index in [-0.39, 0.29) is 36.9 Å². The van der Waals surface area contributed by atoms with Gasteiger partial charge in [0.1, 0.15) is 29.6 Å². The largest absolute Gasteiger partial charge is 0.494 e. The van der Waals surface area contributed by atoms with E-state index in [1.165, 1.54) is 4.90 Å². The van der Waals surface area contributed by atoms with E-state index in [4.69, 9.17) is 9.47 Å². The Bertz CT molecular complexity index is 1590. The van der Waals surface area contributed by atoms with Crippen molar-refractivity contribution in [3.05, 3.63) is 48.5 Å². The van der Waals surface area contributed by atoms with E-state index in [0.717, 1.165) is 5.52 Å². The molecule has 0 radical (unpaired) electrons. The molecule has 3 aromatic rings. The van der Waals surface area contributed by atoms with Crippen LogP contribution in [0.4, 0.5) is 5.69 Å². The van der Waals surface area contributed by atoms with Crippen LogP contribution in [0.1, 0.15) is 47.5 Å². The second-order valence-electron chi connectivity index (χ2n) is 12.8. The third kappa shape index (κ3) is 4.85. The van der Waals surface area contributed by atoms with Gasteiger partial charge in [0.2, 0.25) is 17.7 Å². The zero-order valence-corrected chi connectivity index (χ0v) is 26.4. The van der Waals surface area contributed by atoms with Gasteiger partial charge in [-0.05, 0) is 68.5 Å². The number of para-hydroxylation sites is 1. The molecule has 3 unspecified atom stereocenters. The summed E-state index contributed by atoms with van der Waals surface area (Å²) in [5.74, 6) is -2.40. The number of nitrogens with one attached hydrogen (secondary N) is 2. The summed E-state index contributed by atoms with van der Waals surface area (Å²) in [6.07, 6.45) is 1.11. The summed E-state index contributed by atoms with van der Waals surface area (Å²) in [6, 6.07) is 12.8. The summed E-state index contributed by atoms with van der Waals surface area (Å²) in [5, 5.41) is 24.9. The molecule has 3 aliphatic heterocycles. The SMILES string of the molecule is CCOc1ccc(NC(=O)[C@H]2[C@H]3C(=O)N([C@@H](CO)[C@@H](C)CC)C(C(=O)NCn4nnc5ccccc54)C34CC(C)[C@]2(C)O4)cc1. The number of aliphatic hydroxyl groups excluding tert-OH is 1. The smallest absolute Gasteiger partial charge is 0.247 e. The molecule has 4 heterocycles. The zero-order valence-electron chi connectivity index (χ0n) is 26.4. The lowest BCUT2D eigenvalue weighted by molar-refractivity contribution is -0.151. The number of carbonyl (C=O) groups is 3. The molecule has 3 amide bonds. The summed E-state index contributed by atoms with van der Waals surface area (Å²) >= 11 is 0. The van der Waals surface area contributed by atoms with Gasteiger partial charge in [-0.25, -0.2) is 4.68 Å². The molecule has 45 heavy (non-hydrogen) atoms. The molecule has 0 saturated carbocycles. The van der Waals surface area contributed by atoms with Gasteiger partial charge in [0.25, 0.3) is 0 Å². The third-order valence-electron chi connectivity index (χ3n) is 10.4. The van der Waals surface area contributed by atoms with Crippen molar-refractivity contribution >= 4 is 34.4 Å². The lowest BCUT2D eigenvalue weighted by Crippen LogP contribution is -2.59. The minimum absolute atomic E-state index is 0.0280. The maximum atomic E-state index is 14.6. The number of aromatic nitrogens is 3. The Hall–Kier alpha value is -4.03. The number of hydrogen-bond acceptors (Lipinski definition) is 8. The number of ether oxygens (including phenoxy) is 2. The van der Waals surface area contributed by atoms with E-state index >= 15 is 0 Å². The van der Waals surface area contributed by atoms with Gasteiger partial charge in [0.15, 0.2) is 0 Å². The van der Waals surface area contributed by atoms with Crippen LogP contribution >= 0.6 is 0 Å². The molecular formula is C33H42N6O6. The van der Waals surface area contributed by atoms with Gasteiger partial charge < -0.3 is 30.1 Å². The fourth-order valence-electron chi connectivity index (χ4n) is 7.85. The number of nitrogens with zero attached hydrogens (tertiary/aromatic N) is 4. The quantitative estimate of drug-likeness (QED) is 0.297. The predicted octanol–water partition coefficient (Wildman–Crippen LogP) is 2.96. The molecule has 2 bridgehead atoms. The Morgan fingerprint density at radius 3 is 2.58 bits per heavy atom. The number of carbonyl (C=O) groups excluding carboxylic acids is 3. The van der Waals surface area contributed by atoms with Gasteiger partial charge in [0, 0.05) is 5.69 Å². The zero-order chi connectivity index (χ0) is 32.1. The fourth-order valence-corrected chi connectivity index (χ4v) is 7.85. The van der Waals surface area contributed by atoms with E-state index < -0.39 is 41.0 Å². The first kappa shape index (κ1) is 31.0. The summed E-state index contributed by atoms with van der Waals surface area (Å²) < 4.78 is 14.0. The van der Waals surface area contributed by atoms with Crippen LogP contribution in [0.25, 0.3) is 11.0 Å². The van der Waals surface area contributed by atoms with Gasteiger partial charge in [0.05, 0.1) is 42.2 Å². The number of hydrogen-bond donors (Lipinski definition) is 3. The van der Waals surface area contributed by atoms with Crippen LogP contribution in [-0.2, 0) is 25.8 Å². The first-order chi connectivity index (χ1) is 21.6. The number of benzene rings is 2. The summed E-state index contributed by atoms with van der Waals surface area (Å²) in [6.45, 7) is 9.95. The van der Waals surface area contributed by atoms with Crippen LogP contribution in [0.5, 0.6) is 5.75 Å². The van der Waals surface area contributed by atoms with Crippen LogP contribution < -0.4 is 15.4 Å². The highest BCUT2D eigenvalue weighted by Gasteiger charge is 2.80. The van der Waals surface area contributed by atoms with Crippen LogP contribution in [0, 0.1) is 23.7 Å².